The summed E-state index contributed by atoms with van der Waals surface area (Å²) in [4.78, 5) is 14.1. The minimum absolute atomic E-state index is 0.161. The van der Waals surface area contributed by atoms with E-state index in [9.17, 15) is 4.79 Å². The largest absolute Gasteiger partial charge is 0.342 e. The highest BCUT2D eigenvalue weighted by atomic mass is 16.2. The first-order valence-corrected chi connectivity index (χ1v) is 7.22. The van der Waals surface area contributed by atoms with Crippen LogP contribution in [0.3, 0.4) is 0 Å². The first kappa shape index (κ1) is 18.8. The number of hydrogen-bond donors (Lipinski definition) is 0. The van der Waals surface area contributed by atoms with Crippen LogP contribution in [0.4, 0.5) is 0 Å². The van der Waals surface area contributed by atoms with Gasteiger partial charge in [-0.2, -0.15) is 0 Å². The molecular weight excluding hydrogens is 210 g/mol. The first-order chi connectivity index (χ1) is 7.93. The lowest BCUT2D eigenvalue weighted by atomic mass is 9.92. The lowest BCUT2D eigenvalue weighted by Crippen LogP contribution is -2.39. The summed E-state index contributed by atoms with van der Waals surface area (Å²) in [5, 5.41) is 0. The maximum Gasteiger partial charge on any atom is 0.225 e. The van der Waals surface area contributed by atoms with Crippen LogP contribution in [-0.4, -0.2) is 23.9 Å². The number of carbonyl (C=O) groups excluding carboxylic acids is 1. The molecule has 104 valence electrons. The van der Waals surface area contributed by atoms with E-state index in [1.165, 1.54) is 0 Å². The SMILES string of the molecule is CC.CCC(C)C(C)C(=O)N(CC)CC(C)C. The van der Waals surface area contributed by atoms with Crippen molar-refractivity contribution in [2.45, 2.75) is 61.8 Å². The summed E-state index contributed by atoms with van der Waals surface area (Å²) in [6.07, 6.45) is 1.08. The molecule has 0 aromatic heterocycles. The van der Waals surface area contributed by atoms with Crippen LogP contribution in [-0.2, 0) is 4.79 Å². The van der Waals surface area contributed by atoms with Crippen LogP contribution in [0.15, 0.2) is 0 Å². The van der Waals surface area contributed by atoms with Gasteiger partial charge in [-0.25, -0.2) is 0 Å². The number of carbonyl (C=O) groups is 1. The Morgan fingerprint density at radius 2 is 1.53 bits per heavy atom. The summed E-state index contributed by atoms with van der Waals surface area (Å²) >= 11 is 0. The molecule has 0 N–H and O–H groups in total. The average molecular weight is 243 g/mol. The minimum Gasteiger partial charge on any atom is -0.342 e. The van der Waals surface area contributed by atoms with Crippen molar-refractivity contribution in [3.8, 4) is 0 Å². The second-order valence-corrected chi connectivity index (χ2v) is 4.94. The van der Waals surface area contributed by atoms with Crippen molar-refractivity contribution in [1.29, 1.82) is 0 Å². The van der Waals surface area contributed by atoms with Gasteiger partial charge in [0.25, 0.3) is 0 Å². The minimum atomic E-state index is 0.161. The Hall–Kier alpha value is -0.530. The molecule has 2 heteroatoms. The van der Waals surface area contributed by atoms with Gasteiger partial charge in [-0.05, 0) is 18.8 Å². The van der Waals surface area contributed by atoms with Gasteiger partial charge in [0.05, 0.1) is 0 Å². The Labute approximate surface area is 109 Å². The summed E-state index contributed by atoms with van der Waals surface area (Å²) in [5.74, 6) is 1.52. The standard InChI is InChI=1S/C13H27NO.C2H6/c1-7-11(5)12(6)13(15)14(8-2)9-10(3)4;1-2/h10-12H,7-9H2,1-6H3;1-2H3. The van der Waals surface area contributed by atoms with E-state index in [1.54, 1.807) is 0 Å². The molecular formula is C15H33NO. The summed E-state index contributed by atoms with van der Waals surface area (Å²) in [7, 11) is 0. The van der Waals surface area contributed by atoms with Gasteiger partial charge >= 0.3 is 0 Å². The molecule has 0 radical (unpaired) electrons. The van der Waals surface area contributed by atoms with Gasteiger partial charge in [0.15, 0.2) is 0 Å². The number of amides is 1. The lowest BCUT2D eigenvalue weighted by Gasteiger charge is -2.28. The molecule has 2 nitrogen and oxygen atoms in total. The number of hydrogen-bond acceptors (Lipinski definition) is 1. The fraction of sp³-hybridized carbons (Fsp3) is 0.933. The molecule has 0 bridgehead atoms. The van der Waals surface area contributed by atoms with Crippen molar-refractivity contribution in [1.82, 2.24) is 4.90 Å². The van der Waals surface area contributed by atoms with E-state index in [2.05, 4.69) is 41.5 Å². The molecule has 0 spiro atoms. The maximum atomic E-state index is 12.1. The van der Waals surface area contributed by atoms with Crippen LogP contribution in [0, 0.1) is 17.8 Å². The molecule has 0 aromatic rings. The van der Waals surface area contributed by atoms with Gasteiger partial charge < -0.3 is 4.90 Å². The van der Waals surface area contributed by atoms with E-state index in [0.717, 1.165) is 19.5 Å². The molecule has 17 heavy (non-hydrogen) atoms. The zero-order chi connectivity index (χ0) is 14.0. The van der Waals surface area contributed by atoms with Crippen molar-refractivity contribution >= 4 is 5.91 Å². The van der Waals surface area contributed by atoms with E-state index in [-0.39, 0.29) is 5.92 Å². The summed E-state index contributed by atoms with van der Waals surface area (Å²) in [5.41, 5.74) is 0. The monoisotopic (exact) mass is 243 g/mol. The zero-order valence-corrected chi connectivity index (χ0v) is 13.2. The highest BCUT2D eigenvalue weighted by Crippen LogP contribution is 2.17. The average Bonchev–Trinajstić information content (AvgIpc) is 2.35. The molecule has 0 heterocycles. The molecule has 0 aliphatic carbocycles. The third-order valence-corrected chi connectivity index (χ3v) is 3.17. The summed E-state index contributed by atoms with van der Waals surface area (Å²) in [6, 6.07) is 0. The molecule has 0 saturated heterocycles. The van der Waals surface area contributed by atoms with E-state index in [0.29, 0.717) is 17.7 Å². The number of rotatable bonds is 6. The van der Waals surface area contributed by atoms with Crippen LogP contribution >= 0.6 is 0 Å². The van der Waals surface area contributed by atoms with E-state index in [1.807, 2.05) is 18.7 Å². The maximum absolute atomic E-state index is 12.1. The van der Waals surface area contributed by atoms with Gasteiger partial charge in [0.2, 0.25) is 5.91 Å². The predicted octanol–water partition coefficient (Wildman–Crippen LogP) is 4.20. The Morgan fingerprint density at radius 1 is 1.06 bits per heavy atom. The molecule has 0 saturated carbocycles. The highest BCUT2D eigenvalue weighted by Gasteiger charge is 2.23. The van der Waals surface area contributed by atoms with Crippen molar-refractivity contribution in [2.24, 2.45) is 17.8 Å². The second kappa shape index (κ2) is 10.6. The third kappa shape index (κ3) is 7.40. The molecule has 2 unspecified atom stereocenters. The summed E-state index contributed by atoms with van der Waals surface area (Å²) in [6.45, 7) is 18.4. The van der Waals surface area contributed by atoms with Gasteiger partial charge in [0, 0.05) is 19.0 Å². The van der Waals surface area contributed by atoms with Gasteiger partial charge in [-0.3, -0.25) is 4.79 Å². The second-order valence-electron chi connectivity index (χ2n) is 4.94. The number of nitrogens with zero attached hydrogens (tertiary/aromatic N) is 1. The smallest absolute Gasteiger partial charge is 0.225 e. The van der Waals surface area contributed by atoms with E-state index >= 15 is 0 Å². The predicted molar refractivity (Wildman–Crippen MR) is 77.1 cm³/mol. The first-order valence-electron chi connectivity index (χ1n) is 7.22. The Bertz CT molecular complexity index is 189. The van der Waals surface area contributed by atoms with Gasteiger partial charge in [0.1, 0.15) is 0 Å². The fourth-order valence-electron chi connectivity index (χ4n) is 1.70. The Morgan fingerprint density at radius 3 is 1.82 bits per heavy atom. The van der Waals surface area contributed by atoms with Gasteiger partial charge in [-0.15, -0.1) is 0 Å². The zero-order valence-electron chi connectivity index (χ0n) is 13.2. The van der Waals surface area contributed by atoms with Crippen molar-refractivity contribution < 1.29 is 4.79 Å². The third-order valence-electron chi connectivity index (χ3n) is 3.17. The molecule has 0 rings (SSSR count). The van der Waals surface area contributed by atoms with Crippen LogP contribution in [0.5, 0.6) is 0 Å². The summed E-state index contributed by atoms with van der Waals surface area (Å²) < 4.78 is 0. The van der Waals surface area contributed by atoms with Crippen LogP contribution in [0.1, 0.15) is 61.8 Å². The molecule has 0 fully saturated rings. The van der Waals surface area contributed by atoms with Crippen molar-refractivity contribution in [3.63, 3.8) is 0 Å². The highest BCUT2D eigenvalue weighted by molar-refractivity contribution is 5.78. The van der Waals surface area contributed by atoms with Gasteiger partial charge in [-0.1, -0.05) is 54.9 Å². The van der Waals surface area contributed by atoms with Crippen molar-refractivity contribution in [2.75, 3.05) is 13.1 Å². The normalized spacial score (nSPS) is 13.7. The van der Waals surface area contributed by atoms with E-state index in [4.69, 9.17) is 0 Å². The quantitative estimate of drug-likeness (QED) is 0.684. The van der Waals surface area contributed by atoms with Crippen LogP contribution < -0.4 is 0 Å². The fourth-order valence-corrected chi connectivity index (χ4v) is 1.70. The molecule has 0 aromatic carbocycles. The molecule has 2 atom stereocenters. The topological polar surface area (TPSA) is 20.3 Å². The molecule has 0 aliphatic heterocycles. The molecule has 0 aliphatic rings. The van der Waals surface area contributed by atoms with Crippen LogP contribution in [0.25, 0.3) is 0 Å². The van der Waals surface area contributed by atoms with Crippen molar-refractivity contribution in [3.05, 3.63) is 0 Å². The van der Waals surface area contributed by atoms with Crippen LogP contribution in [0.2, 0.25) is 0 Å². The lowest BCUT2D eigenvalue weighted by molar-refractivity contribution is -0.136. The Balaban J connectivity index is 0. The molecule has 1 amide bonds. The van der Waals surface area contributed by atoms with E-state index < -0.39 is 0 Å². The Kier molecular flexibility index (Phi) is 11.8.